The lowest BCUT2D eigenvalue weighted by molar-refractivity contribution is -0.136. The van der Waals surface area contributed by atoms with Crippen molar-refractivity contribution in [3.05, 3.63) is 68.5 Å². The minimum atomic E-state index is -0.774. The van der Waals surface area contributed by atoms with Crippen LogP contribution in [0.3, 0.4) is 0 Å². The molecule has 3 rings (SSSR count). The third-order valence-electron chi connectivity index (χ3n) is 4.24. The highest BCUT2D eigenvalue weighted by molar-refractivity contribution is 6.34. The number of carbonyl (C=O) groups is 2. The summed E-state index contributed by atoms with van der Waals surface area (Å²) in [5.41, 5.74) is -0.678. The molecule has 3 aromatic rings. The Bertz CT molecular complexity index is 1170. The molecule has 0 radical (unpaired) electrons. The molecule has 0 spiro atoms. The summed E-state index contributed by atoms with van der Waals surface area (Å²) in [6.45, 7) is 2.07. The number of hydrogen-bond donors (Lipinski definition) is 1. The standard InChI is InChI=1S/C22H19Cl2NO6/c1-2-3-8-25-21(27)16-9-13-4-6-15(11-18(13)31-22(16)28)30-20(26)12-29-19-10-14(23)5-7-17(19)24/h4-7,9-11H,2-3,8,12H2,1H3,(H,25,27). The van der Waals surface area contributed by atoms with Crippen LogP contribution in [-0.2, 0) is 4.79 Å². The van der Waals surface area contributed by atoms with Crippen molar-refractivity contribution < 1.29 is 23.5 Å². The van der Waals surface area contributed by atoms with Crippen molar-refractivity contribution in [2.24, 2.45) is 0 Å². The summed E-state index contributed by atoms with van der Waals surface area (Å²) in [5, 5.41) is 3.91. The van der Waals surface area contributed by atoms with Crippen molar-refractivity contribution in [3.63, 3.8) is 0 Å². The molecule has 1 aromatic heterocycles. The number of amides is 1. The van der Waals surface area contributed by atoms with Crippen LogP contribution >= 0.6 is 23.2 Å². The van der Waals surface area contributed by atoms with Crippen molar-refractivity contribution in [3.8, 4) is 11.5 Å². The van der Waals surface area contributed by atoms with Crippen molar-refractivity contribution in [1.82, 2.24) is 5.32 Å². The first kappa shape index (κ1) is 22.7. The van der Waals surface area contributed by atoms with Crippen LogP contribution in [0.4, 0.5) is 0 Å². The molecule has 0 unspecified atom stereocenters. The van der Waals surface area contributed by atoms with Crippen LogP contribution in [0.1, 0.15) is 30.1 Å². The van der Waals surface area contributed by atoms with Gasteiger partial charge in [0.05, 0.1) is 5.02 Å². The van der Waals surface area contributed by atoms with Crippen LogP contribution in [0.25, 0.3) is 11.0 Å². The highest BCUT2D eigenvalue weighted by Gasteiger charge is 2.15. The number of ether oxygens (including phenoxy) is 2. The first-order valence-corrected chi connectivity index (χ1v) is 10.3. The summed E-state index contributed by atoms with van der Waals surface area (Å²) >= 11 is 11.9. The van der Waals surface area contributed by atoms with E-state index in [0.717, 1.165) is 12.8 Å². The lowest BCUT2D eigenvalue weighted by atomic mass is 10.1. The summed E-state index contributed by atoms with van der Waals surface area (Å²) < 4.78 is 15.8. The van der Waals surface area contributed by atoms with Crippen molar-refractivity contribution >= 4 is 46.0 Å². The zero-order valence-electron chi connectivity index (χ0n) is 16.6. The van der Waals surface area contributed by atoms with Gasteiger partial charge in [0.15, 0.2) is 6.61 Å². The molecule has 0 fully saturated rings. The van der Waals surface area contributed by atoms with Gasteiger partial charge in [-0.15, -0.1) is 0 Å². The normalized spacial score (nSPS) is 10.7. The van der Waals surface area contributed by atoms with Crippen molar-refractivity contribution in [1.29, 1.82) is 0 Å². The van der Waals surface area contributed by atoms with E-state index in [1.54, 1.807) is 18.2 Å². The highest BCUT2D eigenvalue weighted by Crippen LogP contribution is 2.27. The van der Waals surface area contributed by atoms with Crippen LogP contribution < -0.4 is 20.4 Å². The summed E-state index contributed by atoms with van der Waals surface area (Å²) in [4.78, 5) is 36.4. The Morgan fingerprint density at radius 1 is 1.10 bits per heavy atom. The Labute approximate surface area is 187 Å². The van der Waals surface area contributed by atoms with E-state index < -0.39 is 24.1 Å². The molecule has 1 N–H and O–H groups in total. The number of unbranched alkanes of at least 4 members (excludes halogenated alkanes) is 1. The lowest BCUT2D eigenvalue weighted by Gasteiger charge is -2.09. The lowest BCUT2D eigenvalue weighted by Crippen LogP contribution is -2.28. The third-order valence-corrected chi connectivity index (χ3v) is 4.79. The summed E-state index contributed by atoms with van der Waals surface area (Å²) in [5.74, 6) is -0.775. The van der Waals surface area contributed by atoms with E-state index in [2.05, 4.69) is 5.32 Å². The molecule has 0 atom stereocenters. The Hall–Kier alpha value is -3.03. The van der Waals surface area contributed by atoms with E-state index >= 15 is 0 Å². The van der Waals surface area contributed by atoms with Crippen molar-refractivity contribution in [2.45, 2.75) is 19.8 Å². The largest absolute Gasteiger partial charge is 0.480 e. The maximum Gasteiger partial charge on any atom is 0.349 e. The topological polar surface area (TPSA) is 94.8 Å². The molecule has 0 saturated carbocycles. The smallest absolute Gasteiger partial charge is 0.349 e. The molecule has 162 valence electrons. The third kappa shape index (κ3) is 5.99. The number of fused-ring (bicyclic) bond motifs is 1. The van der Waals surface area contributed by atoms with Gasteiger partial charge in [-0.2, -0.15) is 0 Å². The number of carbonyl (C=O) groups excluding carboxylic acids is 2. The second-order valence-corrected chi connectivity index (χ2v) is 7.44. The van der Waals surface area contributed by atoms with Crippen LogP contribution in [0, 0.1) is 0 Å². The summed E-state index contributed by atoms with van der Waals surface area (Å²) in [7, 11) is 0. The van der Waals surface area contributed by atoms with Gasteiger partial charge in [-0.05, 0) is 36.8 Å². The minimum absolute atomic E-state index is 0.0832. The maximum atomic E-state index is 12.2. The van der Waals surface area contributed by atoms with Gasteiger partial charge < -0.3 is 19.2 Å². The van der Waals surface area contributed by atoms with E-state index in [1.807, 2.05) is 6.92 Å². The Balaban J connectivity index is 1.68. The van der Waals surface area contributed by atoms with Crippen LogP contribution in [0.2, 0.25) is 10.0 Å². The molecule has 0 aliphatic rings. The van der Waals surface area contributed by atoms with Crippen LogP contribution in [-0.4, -0.2) is 25.0 Å². The number of halogens is 2. The first-order chi connectivity index (χ1) is 14.9. The van der Waals surface area contributed by atoms with Gasteiger partial charge in [-0.25, -0.2) is 9.59 Å². The fraction of sp³-hybridized carbons (Fsp3) is 0.227. The number of nitrogens with one attached hydrogen (secondary N) is 1. The van der Waals surface area contributed by atoms with Gasteiger partial charge in [0, 0.05) is 29.1 Å². The predicted octanol–water partition coefficient (Wildman–Crippen LogP) is 4.61. The second kappa shape index (κ2) is 10.3. The van der Waals surface area contributed by atoms with E-state index in [9.17, 15) is 14.4 Å². The van der Waals surface area contributed by atoms with Gasteiger partial charge in [-0.3, -0.25) is 4.79 Å². The number of rotatable bonds is 8. The average Bonchev–Trinajstić information content (AvgIpc) is 2.74. The molecule has 31 heavy (non-hydrogen) atoms. The molecule has 0 saturated heterocycles. The fourth-order valence-electron chi connectivity index (χ4n) is 2.67. The molecule has 7 nitrogen and oxygen atoms in total. The van der Waals surface area contributed by atoms with E-state index in [-0.39, 0.29) is 22.6 Å². The molecule has 1 heterocycles. The number of esters is 1. The Kier molecular flexibility index (Phi) is 7.55. The predicted molar refractivity (Wildman–Crippen MR) is 117 cm³/mol. The molecule has 0 aliphatic heterocycles. The molecule has 0 bridgehead atoms. The van der Waals surface area contributed by atoms with E-state index in [4.69, 9.17) is 37.1 Å². The molecule has 2 aromatic carbocycles. The Morgan fingerprint density at radius 3 is 2.68 bits per heavy atom. The fourth-order valence-corrected chi connectivity index (χ4v) is 3.01. The second-order valence-electron chi connectivity index (χ2n) is 6.59. The quantitative estimate of drug-likeness (QED) is 0.226. The zero-order chi connectivity index (χ0) is 22.4. The molecular weight excluding hydrogens is 445 g/mol. The van der Waals surface area contributed by atoms with E-state index in [0.29, 0.717) is 22.0 Å². The molecule has 1 amide bonds. The first-order valence-electron chi connectivity index (χ1n) is 9.52. The van der Waals surface area contributed by atoms with Crippen molar-refractivity contribution in [2.75, 3.05) is 13.2 Å². The number of hydrogen-bond acceptors (Lipinski definition) is 6. The average molecular weight is 464 g/mol. The molecular formula is C22H19Cl2NO6. The summed E-state index contributed by atoms with van der Waals surface area (Å²) in [6, 6.07) is 10.6. The SMILES string of the molecule is CCCCNC(=O)c1cc2ccc(OC(=O)COc3cc(Cl)ccc3Cl)cc2oc1=O. The van der Waals surface area contributed by atoms with Gasteiger partial charge in [0.25, 0.3) is 5.91 Å². The van der Waals surface area contributed by atoms with Gasteiger partial charge in [0.2, 0.25) is 0 Å². The van der Waals surface area contributed by atoms with Crippen LogP contribution in [0.15, 0.2) is 51.7 Å². The van der Waals surface area contributed by atoms with Gasteiger partial charge >= 0.3 is 11.6 Å². The van der Waals surface area contributed by atoms with Gasteiger partial charge in [-0.1, -0.05) is 36.5 Å². The monoisotopic (exact) mass is 463 g/mol. The van der Waals surface area contributed by atoms with E-state index in [1.165, 1.54) is 24.3 Å². The zero-order valence-corrected chi connectivity index (χ0v) is 18.1. The van der Waals surface area contributed by atoms with Gasteiger partial charge in [0.1, 0.15) is 22.6 Å². The minimum Gasteiger partial charge on any atom is -0.480 e. The summed E-state index contributed by atoms with van der Waals surface area (Å²) in [6.07, 6.45) is 1.73. The highest BCUT2D eigenvalue weighted by atomic mass is 35.5. The molecule has 9 heteroatoms. The Morgan fingerprint density at radius 2 is 1.90 bits per heavy atom. The molecule has 0 aliphatic carbocycles. The number of benzene rings is 2. The maximum absolute atomic E-state index is 12.2. The van der Waals surface area contributed by atoms with Crippen LogP contribution in [0.5, 0.6) is 11.5 Å².